The van der Waals surface area contributed by atoms with Gasteiger partial charge < -0.3 is 10.3 Å². The first kappa shape index (κ1) is 17.0. The standard InChI is InChI=1S/C24H24N4/c1-15-26-23(21-14-17-9-4-6-13-20(17)28(21)2)22(24(25)27-15)19-12-7-10-16-8-3-5-11-18(16)19/h3-6,8-9,11,13-14,19H,7,10,12H2,1-2H3,(H2,25,26,27)/t19-/m1/s1. The summed E-state index contributed by atoms with van der Waals surface area (Å²) in [7, 11) is 2.10. The summed E-state index contributed by atoms with van der Waals surface area (Å²) in [6.07, 6.45) is 3.36. The van der Waals surface area contributed by atoms with Crippen LogP contribution in [0.2, 0.25) is 0 Å². The van der Waals surface area contributed by atoms with Crippen LogP contribution in [0, 0.1) is 6.92 Å². The highest BCUT2D eigenvalue weighted by atomic mass is 15.0. The van der Waals surface area contributed by atoms with Crippen LogP contribution in [0.15, 0.2) is 54.6 Å². The zero-order chi connectivity index (χ0) is 19.3. The zero-order valence-corrected chi connectivity index (χ0v) is 16.3. The molecule has 2 aromatic heterocycles. The fourth-order valence-corrected chi connectivity index (χ4v) is 4.71. The number of para-hydroxylation sites is 1. The number of rotatable bonds is 2. The van der Waals surface area contributed by atoms with E-state index in [0.29, 0.717) is 11.6 Å². The summed E-state index contributed by atoms with van der Waals surface area (Å²) in [6.45, 7) is 1.92. The van der Waals surface area contributed by atoms with Gasteiger partial charge >= 0.3 is 0 Å². The van der Waals surface area contributed by atoms with Crippen LogP contribution in [0.3, 0.4) is 0 Å². The molecule has 140 valence electrons. The summed E-state index contributed by atoms with van der Waals surface area (Å²) in [5, 5.41) is 1.21. The minimum Gasteiger partial charge on any atom is -0.383 e. The first-order valence-corrected chi connectivity index (χ1v) is 9.90. The highest BCUT2D eigenvalue weighted by Gasteiger charge is 2.28. The molecular weight excluding hydrogens is 344 g/mol. The second-order valence-corrected chi connectivity index (χ2v) is 7.71. The van der Waals surface area contributed by atoms with Gasteiger partial charge in [-0.3, -0.25) is 0 Å². The summed E-state index contributed by atoms with van der Waals surface area (Å²) in [5.41, 5.74) is 13.6. The minimum absolute atomic E-state index is 0.235. The molecule has 0 unspecified atom stereocenters. The summed E-state index contributed by atoms with van der Waals surface area (Å²) >= 11 is 0. The fraction of sp³-hybridized carbons (Fsp3) is 0.250. The maximum atomic E-state index is 6.53. The molecule has 28 heavy (non-hydrogen) atoms. The van der Waals surface area contributed by atoms with Crippen molar-refractivity contribution >= 4 is 16.7 Å². The Labute approximate surface area is 165 Å². The number of nitrogen functional groups attached to an aromatic ring is 1. The van der Waals surface area contributed by atoms with E-state index in [4.69, 9.17) is 10.7 Å². The molecule has 1 aliphatic rings. The number of aryl methyl sites for hydroxylation is 3. The van der Waals surface area contributed by atoms with Crippen LogP contribution in [0.25, 0.3) is 22.3 Å². The van der Waals surface area contributed by atoms with E-state index in [-0.39, 0.29) is 5.92 Å². The van der Waals surface area contributed by atoms with E-state index in [1.54, 1.807) is 0 Å². The van der Waals surface area contributed by atoms with Gasteiger partial charge in [0.15, 0.2) is 0 Å². The second-order valence-electron chi connectivity index (χ2n) is 7.71. The Morgan fingerprint density at radius 3 is 2.68 bits per heavy atom. The van der Waals surface area contributed by atoms with Gasteiger partial charge in [-0.2, -0.15) is 0 Å². The molecule has 4 aromatic rings. The number of nitrogens with two attached hydrogens (primary N) is 1. The quantitative estimate of drug-likeness (QED) is 0.542. The maximum absolute atomic E-state index is 6.53. The summed E-state index contributed by atoms with van der Waals surface area (Å²) in [5.74, 6) is 1.55. The molecule has 0 radical (unpaired) electrons. The third-order valence-electron chi connectivity index (χ3n) is 6.00. The van der Waals surface area contributed by atoms with Crippen molar-refractivity contribution in [2.45, 2.75) is 32.1 Å². The topological polar surface area (TPSA) is 56.7 Å². The third kappa shape index (κ3) is 2.60. The number of fused-ring (bicyclic) bond motifs is 2. The lowest BCUT2D eigenvalue weighted by atomic mass is 9.78. The number of anilines is 1. The van der Waals surface area contributed by atoms with Gasteiger partial charge in [-0.05, 0) is 49.4 Å². The van der Waals surface area contributed by atoms with Gasteiger partial charge in [-0.1, -0.05) is 42.5 Å². The van der Waals surface area contributed by atoms with Crippen molar-refractivity contribution in [1.82, 2.24) is 14.5 Å². The van der Waals surface area contributed by atoms with Gasteiger partial charge in [-0.15, -0.1) is 0 Å². The smallest absolute Gasteiger partial charge is 0.131 e. The Hall–Kier alpha value is -3.14. The predicted molar refractivity (Wildman–Crippen MR) is 114 cm³/mol. The Morgan fingerprint density at radius 1 is 1.04 bits per heavy atom. The van der Waals surface area contributed by atoms with Gasteiger partial charge in [0.1, 0.15) is 11.6 Å². The van der Waals surface area contributed by atoms with Crippen LogP contribution in [-0.4, -0.2) is 14.5 Å². The van der Waals surface area contributed by atoms with Crippen molar-refractivity contribution in [3.63, 3.8) is 0 Å². The molecule has 0 fully saturated rings. The van der Waals surface area contributed by atoms with Crippen molar-refractivity contribution in [2.75, 3.05) is 5.73 Å². The van der Waals surface area contributed by atoms with Crippen LogP contribution in [0.4, 0.5) is 5.82 Å². The normalized spacial score (nSPS) is 16.3. The molecular formula is C24H24N4. The molecule has 1 atom stereocenters. The lowest BCUT2D eigenvalue weighted by Gasteiger charge is -2.28. The van der Waals surface area contributed by atoms with Gasteiger partial charge in [0.2, 0.25) is 0 Å². The van der Waals surface area contributed by atoms with E-state index >= 15 is 0 Å². The largest absolute Gasteiger partial charge is 0.383 e. The minimum atomic E-state index is 0.235. The Bertz CT molecular complexity index is 1190. The molecule has 2 aromatic carbocycles. The number of hydrogen-bond donors (Lipinski definition) is 1. The van der Waals surface area contributed by atoms with Crippen LogP contribution < -0.4 is 5.73 Å². The SMILES string of the molecule is Cc1nc(N)c([C@@H]2CCCc3ccccc32)c(-c2cc3ccccc3n2C)n1. The molecule has 0 saturated carbocycles. The molecule has 0 spiro atoms. The summed E-state index contributed by atoms with van der Waals surface area (Å²) < 4.78 is 2.22. The fourth-order valence-electron chi connectivity index (χ4n) is 4.71. The first-order chi connectivity index (χ1) is 13.6. The van der Waals surface area contributed by atoms with Crippen molar-refractivity contribution < 1.29 is 0 Å². The summed E-state index contributed by atoms with van der Waals surface area (Å²) in [6, 6.07) is 19.4. The molecule has 0 amide bonds. The van der Waals surface area contributed by atoms with Crippen molar-refractivity contribution in [1.29, 1.82) is 0 Å². The van der Waals surface area contributed by atoms with E-state index in [2.05, 4.69) is 71.2 Å². The average Bonchev–Trinajstić information content (AvgIpc) is 3.04. The van der Waals surface area contributed by atoms with E-state index in [9.17, 15) is 0 Å². The van der Waals surface area contributed by atoms with E-state index in [0.717, 1.165) is 36.2 Å². The van der Waals surface area contributed by atoms with Gasteiger partial charge in [0.05, 0.1) is 11.4 Å². The van der Waals surface area contributed by atoms with Gasteiger partial charge in [0.25, 0.3) is 0 Å². The molecule has 2 heterocycles. The van der Waals surface area contributed by atoms with E-state index in [1.807, 2.05) is 6.92 Å². The molecule has 2 N–H and O–H groups in total. The second kappa shape index (κ2) is 6.48. The predicted octanol–water partition coefficient (Wildman–Crippen LogP) is 4.99. The average molecular weight is 368 g/mol. The Kier molecular flexibility index (Phi) is 3.93. The third-order valence-corrected chi connectivity index (χ3v) is 6.00. The molecule has 0 saturated heterocycles. The molecule has 4 heteroatoms. The number of hydrogen-bond acceptors (Lipinski definition) is 3. The van der Waals surface area contributed by atoms with Gasteiger partial charge in [-0.25, -0.2) is 9.97 Å². The molecule has 1 aliphatic carbocycles. The molecule has 0 bridgehead atoms. The lowest BCUT2D eigenvalue weighted by molar-refractivity contribution is 0.614. The van der Waals surface area contributed by atoms with Crippen molar-refractivity contribution in [2.24, 2.45) is 7.05 Å². The first-order valence-electron chi connectivity index (χ1n) is 9.90. The van der Waals surface area contributed by atoms with E-state index in [1.165, 1.54) is 22.0 Å². The highest BCUT2D eigenvalue weighted by molar-refractivity contribution is 5.87. The highest BCUT2D eigenvalue weighted by Crippen LogP contribution is 2.43. The van der Waals surface area contributed by atoms with Crippen LogP contribution in [0.5, 0.6) is 0 Å². The lowest BCUT2D eigenvalue weighted by Crippen LogP contribution is -2.16. The number of nitrogens with zero attached hydrogens (tertiary/aromatic N) is 3. The number of benzene rings is 2. The Morgan fingerprint density at radius 2 is 1.82 bits per heavy atom. The Balaban J connectivity index is 1.78. The zero-order valence-electron chi connectivity index (χ0n) is 16.3. The molecule has 0 aliphatic heterocycles. The maximum Gasteiger partial charge on any atom is 0.131 e. The monoisotopic (exact) mass is 368 g/mol. The van der Waals surface area contributed by atoms with Gasteiger partial charge in [0, 0.05) is 29.4 Å². The number of aromatic nitrogens is 3. The molecule has 5 rings (SSSR count). The van der Waals surface area contributed by atoms with E-state index < -0.39 is 0 Å². The van der Waals surface area contributed by atoms with Crippen molar-refractivity contribution in [3.05, 3.63) is 77.1 Å². The summed E-state index contributed by atoms with van der Waals surface area (Å²) in [4.78, 5) is 9.45. The van der Waals surface area contributed by atoms with Crippen LogP contribution in [-0.2, 0) is 13.5 Å². The van der Waals surface area contributed by atoms with Crippen molar-refractivity contribution in [3.8, 4) is 11.4 Å². The van der Waals surface area contributed by atoms with Crippen LogP contribution in [0.1, 0.15) is 41.3 Å². The molecule has 4 nitrogen and oxygen atoms in total. The van der Waals surface area contributed by atoms with Crippen LogP contribution >= 0.6 is 0 Å².